The van der Waals surface area contributed by atoms with Crippen LogP contribution in [0.4, 0.5) is 25.8 Å². The Balaban J connectivity index is 0.839. The van der Waals surface area contributed by atoms with Crippen molar-refractivity contribution in [3.05, 3.63) is 131 Å². The largest absolute Gasteiger partial charge is 0.496 e. The third kappa shape index (κ3) is 11.3. The number of carbonyl (C=O) groups is 1. The number of hydrogen-bond acceptors (Lipinski definition) is 13. The molecule has 3 aliphatic heterocycles. The van der Waals surface area contributed by atoms with Crippen LogP contribution in [0.1, 0.15) is 96.9 Å². The van der Waals surface area contributed by atoms with E-state index in [4.69, 9.17) is 19.9 Å². The zero-order chi connectivity index (χ0) is 52.5. The lowest BCUT2D eigenvalue weighted by Crippen LogP contribution is -2.60. The number of benzene rings is 4. The van der Waals surface area contributed by atoms with Crippen LogP contribution in [-0.4, -0.2) is 112 Å². The molecule has 10 rings (SSSR count). The summed E-state index contributed by atoms with van der Waals surface area (Å²) in [5.41, 5.74) is 11.0. The van der Waals surface area contributed by atoms with E-state index in [-0.39, 0.29) is 64.2 Å². The van der Waals surface area contributed by atoms with Gasteiger partial charge in [0.25, 0.3) is 15.9 Å². The third-order valence-corrected chi connectivity index (χ3v) is 17.3. The van der Waals surface area contributed by atoms with E-state index in [1.165, 1.54) is 47.2 Å². The number of halogens is 2. The van der Waals surface area contributed by atoms with Crippen LogP contribution in [-0.2, 0) is 27.8 Å². The van der Waals surface area contributed by atoms with E-state index in [0.29, 0.717) is 49.6 Å². The van der Waals surface area contributed by atoms with Gasteiger partial charge in [0.2, 0.25) is 0 Å². The van der Waals surface area contributed by atoms with Crippen molar-refractivity contribution in [1.82, 2.24) is 29.8 Å². The van der Waals surface area contributed by atoms with Gasteiger partial charge < -0.3 is 40.5 Å². The molecule has 0 unspecified atom stereocenters. The molecular weight excluding hydrogens is 977 g/mol. The topological polar surface area (TPSA) is 179 Å². The Kier molecular flexibility index (Phi) is 15.1. The molecule has 1 saturated carbocycles. The molecule has 0 bridgehead atoms. The first-order chi connectivity index (χ1) is 36.1. The molecule has 1 amide bonds. The van der Waals surface area contributed by atoms with Gasteiger partial charge in [0.05, 0.1) is 40.8 Å². The van der Waals surface area contributed by atoms with Crippen LogP contribution in [0, 0.1) is 11.2 Å². The number of ether oxygens (including phenoxy) is 3. The van der Waals surface area contributed by atoms with Gasteiger partial charge in [-0.25, -0.2) is 26.9 Å². The highest BCUT2D eigenvalue weighted by molar-refractivity contribution is 7.90. The summed E-state index contributed by atoms with van der Waals surface area (Å²) in [6.45, 7) is 10.8. The highest BCUT2D eigenvalue weighted by atomic mass is 32.2. The van der Waals surface area contributed by atoms with Crippen LogP contribution in [0.2, 0.25) is 0 Å². The van der Waals surface area contributed by atoms with E-state index in [9.17, 15) is 13.2 Å². The number of piperidine rings is 1. The van der Waals surface area contributed by atoms with Gasteiger partial charge >= 0.3 is 0 Å². The summed E-state index contributed by atoms with van der Waals surface area (Å²) in [7, 11) is -0.860. The van der Waals surface area contributed by atoms with Crippen molar-refractivity contribution in [3.8, 4) is 17.2 Å². The highest BCUT2D eigenvalue weighted by Crippen LogP contribution is 2.54. The summed E-state index contributed by atoms with van der Waals surface area (Å²) in [4.78, 5) is 28.6. The number of amides is 1. The molecule has 4 fully saturated rings. The van der Waals surface area contributed by atoms with Gasteiger partial charge in [-0.2, -0.15) is 0 Å². The number of fused-ring (bicyclic) bond motifs is 1. The minimum Gasteiger partial charge on any atom is -0.496 e. The lowest BCUT2D eigenvalue weighted by Gasteiger charge is -2.58. The number of H-pyrrole nitrogens is 1. The van der Waals surface area contributed by atoms with Gasteiger partial charge in [0, 0.05) is 114 Å². The Morgan fingerprint density at radius 1 is 0.960 bits per heavy atom. The first kappa shape index (κ1) is 52.1. The fourth-order valence-corrected chi connectivity index (χ4v) is 12.8. The molecule has 3 saturated heterocycles. The number of carbonyl (C=O) groups excluding carboxylic acids is 1. The smallest absolute Gasteiger partial charge is 0.268 e. The van der Waals surface area contributed by atoms with Crippen molar-refractivity contribution < 1.29 is 36.2 Å². The van der Waals surface area contributed by atoms with E-state index in [1.54, 1.807) is 19.4 Å². The number of methoxy groups -OCH3 is 1. The van der Waals surface area contributed by atoms with Gasteiger partial charge in [0.15, 0.2) is 0 Å². The first-order valence-electron chi connectivity index (χ1n) is 26.2. The summed E-state index contributed by atoms with van der Waals surface area (Å²) in [6, 6.07) is 26.1. The Morgan fingerprint density at radius 3 is 2.49 bits per heavy atom. The third-order valence-electron chi connectivity index (χ3n) is 16.0. The average molecular weight is 1050 g/mol. The van der Waals surface area contributed by atoms with Crippen LogP contribution in [0.25, 0.3) is 11.0 Å². The molecule has 398 valence electrons. The lowest BCUT2D eigenvalue weighted by atomic mass is 9.59. The predicted molar refractivity (Wildman–Crippen MR) is 288 cm³/mol. The Labute approximate surface area is 438 Å². The number of hydrogen-bond donors (Lipinski definition) is 5. The SMILES string of the molecule is CNCc1cc(CN2CCN(C3CC4(CCN(c5cc(Oc6cnc7[nH]ccc7c6)c(C(=O)NS(=O)(=O)c6ccc(NCC7(F)CCOCC7)c(N)c6)cc5F)CC4)C3)[C@H](c3ccccc3C(C)C)C2)ccc1OC. The maximum Gasteiger partial charge on any atom is 0.268 e. The second kappa shape index (κ2) is 21.7. The maximum atomic E-state index is 16.6. The van der Waals surface area contributed by atoms with E-state index in [1.807, 2.05) is 18.0 Å². The summed E-state index contributed by atoms with van der Waals surface area (Å²) in [5, 5.41) is 7.01. The van der Waals surface area contributed by atoms with E-state index >= 15 is 8.78 Å². The number of anilines is 3. The van der Waals surface area contributed by atoms with Crippen molar-refractivity contribution in [2.75, 3.05) is 82.6 Å². The Morgan fingerprint density at radius 2 is 1.75 bits per heavy atom. The number of nitrogens with zero attached hydrogens (tertiary/aromatic N) is 4. The van der Waals surface area contributed by atoms with Gasteiger partial charge in [-0.05, 0) is 109 Å². The van der Waals surface area contributed by atoms with Crippen LogP contribution in [0.3, 0.4) is 0 Å². The van der Waals surface area contributed by atoms with Gasteiger partial charge in [-0.3, -0.25) is 14.6 Å². The molecule has 6 aromatic rings. The van der Waals surface area contributed by atoms with Crippen LogP contribution in [0.5, 0.6) is 17.2 Å². The van der Waals surface area contributed by atoms with E-state index in [2.05, 4.69) is 91.4 Å². The number of sulfonamides is 1. The Hall–Kier alpha value is -6.31. The molecule has 15 nitrogen and oxygen atoms in total. The molecule has 1 atom stereocenters. The number of pyridine rings is 1. The van der Waals surface area contributed by atoms with Crippen LogP contribution >= 0.6 is 0 Å². The van der Waals surface area contributed by atoms with Crippen LogP contribution in [0.15, 0.2) is 102 Å². The number of aromatic nitrogens is 2. The number of alkyl halides is 1. The highest BCUT2D eigenvalue weighted by Gasteiger charge is 2.50. The zero-order valence-corrected chi connectivity index (χ0v) is 44.1. The molecular formula is C57H69F2N9O6S. The van der Waals surface area contributed by atoms with Gasteiger partial charge in [-0.1, -0.05) is 44.2 Å². The standard InChI is InChI=1S/C57H69F2N9O6S/c1-37(2)44-7-5-6-8-45(44)51-35-66(34-38-9-12-52(72-4)40(25-38)32-61-3)21-22-68(51)41-30-56(31-41)14-19-67(20-15-56)50-29-53(74-42-26-39-13-18-62-54(39)63-33-42)46(28-47(50)58)55(69)65-75(70,71)43-10-11-49(48(60)27-43)64-36-57(59)16-23-73-24-17-57/h5-13,18,25-29,33,37,41,51,61,64H,14-17,19-24,30-32,34-36,60H2,1-4H3,(H,62,63)(H,65,69)/t51-/m0/s1. The molecule has 1 aliphatic carbocycles. The first-order valence-corrected chi connectivity index (χ1v) is 27.6. The molecule has 0 radical (unpaired) electrons. The molecule has 5 heterocycles. The van der Waals surface area contributed by atoms with E-state index in [0.717, 1.165) is 81.2 Å². The predicted octanol–water partition coefficient (Wildman–Crippen LogP) is 9.29. The normalized spacial score (nSPS) is 19.3. The number of nitrogens with two attached hydrogens (primary N) is 1. The molecule has 6 N–H and O–H groups in total. The molecule has 18 heteroatoms. The van der Waals surface area contributed by atoms with Crippen molar-refractivity contribution in [1.29, 1.82) is 0 Å². The summed E-state index contributed by atoms with van der Waals surface area (Å²) in [5.74, 6) is -0.266. The van der Waals surface area contributed by atoms with Crippen LogP contribution < -0.4 is 35.5 Å². The lowest BCUT2D eigenvalue weighted by molar-refractivity contribution is -0.0628. The molecule has 4 aromatic carbocycles. The molecule has 1 spiro atoms. The molecule has 75 heavy (non-hydrogen) atoms. The number of piperazine rings is 1. The fraction of sp³-hybridized carbons (Fsp3) is 0.439. The van der Waals surface area contributed by atoms with Gasteiger partial charge in [-0.15, -0.1) is 0 Å². The maximum absolute atomic E-state index is 16.6. The Bertz CT molecular complexity index is 3130. The average Bonchev–Trinajstić information content (AvgIpc) is 3.87. The summed E-state index contributed by atoms with van der Waals surface area (Å²) < 4.78 is 78.7. The van der Waals surface area contributed by atoms with Crippen molar-refractivity contribution in [2.45, 2.75) is 94.0 Å². The quantitative estimate of drug-likeness (QED) is 0.0547. The molecule has 4 aliphatic rings. The molecule has 2 aromatic heterocycles. The number of rotatable bonds is 17. The van der Waals surface area contributed by atoms with Crippen molar-refractivity contribution >= 4 is 44.0 Å². The minimum absolute atomic E-state index is 0.0297. The second-order valence-corrected chi connectivity index (χ2v) is 23.0. The number of aromatic amines is 1. The van der Waals surface area contributed by atoms with Crippen molar-refractivity contribution in [2.24, 2.45) is 5.41 Å². The second-order valence-electron chi connectivity index (χ2n) is 21.3. The van der Waals surface area contributed by atoms with Gasteiger partial charge in [0.1, 0.15) is 34.4 Å². The summed E-state index contributed by atoms with van der Waals surface area (Å²) in [6.07, 6.45) is 7.53. The minimum atomic E-state index is -4.53. The van der Waals surface area contributed by atoms with Crippen molar-refractivity contribution in [3.63, 3.8) is 0 Å². The van der Waals surface area contributed by atoms with E-state index < -0.39 is 27.4 Å². The summed E-state index contributed by atoms with van der Waals surface area (Å²) >= 11 is 0. The zero-order valence-electron chi connectivity index (χ0n) is 43.3. The fourth-order valence-electron chi connectivity index (χ4n) is 11.8. The monoisotopic (exact) mass is 1050 g/mol. The number of nitrogens with one attached hydrogen (secondary N) is 4. The number of nitrogen functional groups attached to an aromatic ring is 1.